The third kappa shape index (κ3) is 3.31. The molecule has 5 heteroatoms. The number of aryl methyl sites for hydroxylation is 1. The van der Waals surface area contributed by atoms with Gasteiger partial charge in [0.1, 0.15) is 0 Å². The van der Waals surface area contributed by atoms with Crippen molar-refractivity contribution < 1.29 is 9.53 Å². The second-order valence-electron chi connectivity index (χ2n) is 5.39. The van der Waals surface area contributed by atoms with Crippen molar-refractivity contribution in [3.63, 3.8) is 0 Å². The Hall–Kier alpha value is -2.14. The fourth-order valence-electron chi connectivity index (χ4n) is 2.51. The molecule has 0 unspecified atom stereocenters. The minimum atomic E-state index is -0.185. The summed E-state index contributed by atoms with van der Waals surface area (Å²) < 4.78 is 5.30. The van der Waals surface area contributed by atoms with E-state index in [9.17, 15) is 4.79 Å². The maximum atomic E-state index is 12.0. The fourth-order valence-corrected chi connectivity index (χ4v) is 2.51. The Kier molecular flexibility index (Phi) is 4.01. The summed E-state index contributed by atoms with van der Waals surface area (Å²) in [5.41, 5.74) is 2.63. The molecule has 1 aromatic heterocycles. The smallest absolute Gasteiger partial charge is 0.319 e. The average molecular weight is 285 g/mol. The highest BCUT2D eigenvalue weighted by Gasteiger charge is 2.16. The molecule has 2 N–H and O–H groups in total. The fraction of sp³-hybridized carbons (Fsp3) is 0.375. The lowest BCUT2D eigenvalue weighted by atomic mass is 10.1. The summed E-state index contributed by atoms with van der Waals surface area (Å²) in [5.74, 6) is 0.424. The van der Waals surface area contributed by atoms with Crippen LogP contribution in [-0.4, -0.2) is 30.8 Å². The van der Waals surface area contributed by atoms with Crippen LogP contribution in [0.3, 0.4) is 0 Å². The van der Waals surface area contributed by atoms with Crippen LogP contribution in [0.2, 0.25) is 0 Å². The third-order valence-corrected chi connectivity index (χ3v) is 3.69. The van der Waals surface area contributed by atoms with Crippen molar-refractivity contribution in [1.82, 2.24) is 10.3 Å². The number of anilines is 1. The molecule has 0 aliphatic carbocycles. The largest absolute Gasteiger partial charge is 0.381 e. The lowest BCUT2D eigenvalue weighted by molar-refractivity contribution is 0.185. The highest BCUT2D eigenvalue weighted by atomic mass is 16.5. The Labute approximate surface area is 123 Å². The highest BCUT2D eigenvalue weighted by Crippen LogP contribution is 2.22. The number of amides is 2. The normalized spacial score (nSPS) is 17.9. The predicted octanol–water partition coefficient (Wildman–Crippen LogP) is 2.70. The summed E-state index contributed by atoms with van der Waals surface area (Å²) in [6.07, 6.45) is 1.01. The number of carbonyl (C=O) groups is 1. The van der Waals surface area contributed by atoms with Gasteiger partial charge in [0.2, 0.25) is 0 Å². The van der Waals surface area contributed by atoms with Crippen LogP contribution in [0.25, 0.3) is 10.9 Å². The van der Waals surface area contributed by atoms with E-state index in [1.807, 2.05) is 37.3 Å². The van der Waals surface area contributed by atoms with E-state index in [4.69, 9.17) is 4.74 Å². The van der Waals surface area contributed by atoms with E-state index in [2.05, 4.69) is 15.6 Å². The molecule has 2 amide bonds. The number of nitrogens with one attached hydrogen (secondary N) is 2. The molecule has 2 aromatic rings. The van der Waals surface area contributed by atoms with E-state index in [0.717, 1.165) is 41.9 Å². The second-order valence-corrected chi connectivity index (χ2v) is 5.39. The monoisotopic (exact) mass is 285 g/mol. The van der Waals surface area contributed by atoms with Gasteiger partial charge in [-0.15, -0.1) is 0 Å². The van der Waals surface area contributed by atoms with Gasteiger partial charge < -0.3 is 15.4 Å². The zero-order valence-electron chi connectivity index (χ0n) is 12.1. The van der Waals surface area contributed by atoms with Gasteiger partial charge in [-0.25, -0.2) is 4.79 Å². The molecule has 2 heterocycles. The molecule has 1 aliphatic rings. The number of pyridine rings is 1. The van der Waals surface area contributed by atoms with Crippen LogP contribution in [0.15, 0.2) is 30.3 Å². The molecule has 3 rings (SSSR count). The van der Waals surface area contributed by atoms with Crippen molar-refractivity contribution in [2.75, 3.05) is 25.1 Å². The number of nitrogens with zero attached hydrogens (tertiary/aromatic N) is 1. The third-order valence-electron chi connectivity index (χ3n) is 3.69. The number of carbonyl (C=O) groups excluding carboxylic acids is 1. The van der Waals surface area contributed by atoms with Crippen molar-refractivity contribution >= 4 is 22.6 Å². The zero-order valence-corrected chi connectivity index (χ0v) is 12.1. The molecule has 0 radical (unpaired) electrons. The van der Waals surface area contributed by atoms with Gasteiger partial charge in [0.25, 0.3) is 0 Å². The van der Waals surface area contributed by atoms with Gasteiger partial charge in [-0.3, -0.25) is 4.98 Å². The average Bonchev–Trinajstić information content (AvgIpc) is 2.98. The van der Waals surface area contributed by atoms with Crippen molar-refractivity contribution in [3.8, 4) is 0 Å². The molecule has 1 aromatic carbocycles. The van der Waals surface area contributed by atoms with Crippen LogP contribution in [-0.2, 0) is 4.74 Å². The van der Waals surface area contributed by atoms with Crippen molar-refractivity contribution in [2.45, 2.75) is 13.3 Å². The molecule has 0 bridgehead atoms. The minimum absolute atomic E-state index is 0.185. The second kappa shape index (κ2) is 6.10. The van der Waals surface area contributed by atoms with Crippen LogP contribution >= 0.6 is 0 Å². The molecule has 0 spiro atoms. The number of hydrogen-bond donors (Lipinski definition) is 2. The Morgan fingerprint density at radius 1 is 1.38 bits per heavy atom. The van der Waals surface area contributed by atoms with Crippen LogP contribution < -0.4 is 10.6 Å². The summed E-state index contributed by atoms with van der Waals surface area (Å²) in [7, 11) is 0. The first-order valence-electron chi connectivity index (χ1n) is 7.21. The van der Waals surface area contributed by atoms with Gasteiger partial charge in [0, 0.05) is 30.1 Å². The molecule has 5 nitrogen and oxygen atoms in total. The van der Waals surface area contributed by atoms with Crippen LogP contribution in [0, 0.1) is 12.8 Å². The molecule has 1 aliphatic heterocycles. The zero-order chi connectivity index (χ0) is 14.7. The summed E-state index contributed by atoms with van der Waals surface area (Å²) in [5, 5.41) is 6.74. The van der Waals surface area contributed by atoms with Crippen LogP contribution in [0.1, 0.15) is 12.1 Å². The molecular weight excluding hydrogens is 266 g/mol. The minimum Gasteiger partial charge on any atom is -0.381 e. The van der Waals surface area contributed by atoms with E-state index < -0.39 is 0 Å². The number of rotatable bonds is 3. The first-order chi connectivity index (χ1) is 10.2. The maximum Gasteiger partial charge on any atom is 0.319 e. The first kappa shape index (κ1) is 13.8. The number of ether oxygens (including phenoxy) is 1. The van der Waals surface area contributed by atoms with E-state index in [1.54, 1.807) is 0 Å². The van der Waals surface area contributed by atoms with Crippen LogP contribution in [0.5, 0.6) is 0 Å². The lowest BCUT2D eigenvalue weighted by Crippen LogP contribution is -2.33. The van der Waals surface area contributed by atoms with Gasteiger partial charge >= 0.3 is 6.03 Å². The summed E-state index contributed by atoms with van der Waals surface area (Å²) in [6, 6.07) is 9.47. The molecule has 110 valence electrons. The SMILES string of the molecule is Cc1ccc2c(NC(=O)NC[C@H]3CCOC3)cccc2n1. The molecule has 1 saturated heterocycles. The van der Waals surface area contributed by atoms with Crippen molar-refractivity contribution in [2.24, 2.45) is 5.92 Å². The Morgan fingerprint density at radius 2 is 2.29 bits per heavy atom. The predicted molar refractivity (Wildman–Crippen MR) is 82.4 cm³/mol. The van der Waals surface area contributed by atoms with Gasteiger partial charge in [-0.05, 0) is 37.6 Å². The van der Waals surface area contributed by atoms with Gasteiger partial charge in [0.05, 0.1) is 17.8 Å². The van der Waals surface area contributed by atoms with E-state index in [-0.39, 0.29) is 6.03 Å². The number of benzene rings is 1. The van der Waals surface area contributed by atoms with Gasteiger partial charge in [-0.1, -0.05) is 6.07 Å². The molecule has 0 saturated carbocycles. The van der Waals surface area contributed by atoms with E-state index >= 15 is 0 Å². The highest BCUT2D eigenvalue weighted by molar-refractivity contribution is 6.00. The molecule has 21 heavy (non-hydrogen) atoms. The number of fused-ring (bicyclic) bond motifs is 1. The maximum absolute atomic E-state index is 12.0. The van der Waals surface area contributed by atoms with Crippen LogP contribution in [0.4, 0.5) is 10.5 Å². The Bertz CT molecular complexity index is 651. The number of urea groups is 1. The lowest BCUT2D eigenvalue weighted by Gasteiger charge is -2.12. The Morgan fingerprint density at radius 3 is 3.10 bits per heavy atom. The number of hydrogen-bond acceptors (Lipinski definition) is 3. The molecule has 1 fully saturated rings. The summed E-state index contributed by atoms with van der Waals surface area (Å²) >= 11 is 0. The topological polar surface area (TPSA) is 63.2 Å². The standard InChI is InChI=1S/C16H19N3O2/c1-11-5-6-13-14(18-11)3-2-4-15(13)19-16(20)17-9-12-7-8-21-10-12/h2-6,12H,7-10H2,1H3,(H2,17,19,20)/t12-/m1/s1. The first-order valence-corrected chi connectivity index (χ1v) is 7.21. The van der Waals surface area contributed by atoms with Gasteiger partial charge in [-0.2, -0.15) is 0 Å². The number of aromatic nitrogens is 1. The Balaban J connectivity index is 1.67. The van der Waals surface area contributed by atoms with E-state index in [1.165, 1.54) is 0 Å². The summed E-state index contributed by atoms with van der Waals surface area (Å²) in [4.78, 5) is 16.5. The van der Waals surface area contributed by atoms with Gasteiger partial charge in [0.15, 0.2) is 0 Å². The quantitative estimate of drug-likeness (QED) is 0.911. The van der Waals surface area contributed by atoms with E-state index in [0.29, 0.717) is 12.5 Å². The molecule has 1 atom stereocenters. The van der Waals surface area contributed by atoms with Crippen molar-refractivity contribution in [3.05, 3.63) is 36.0 Å². The summed E-state index contributed by atoms with van der Waals surface area (Å²) in [6.45, 7) is 4.13. The molecular formula is C16H19N3O2. The van der Waals surface area contributed by atoms with Crippen molar-refractivity contribution in [1.29, 1.82) is 0 Å².